The van der Waals surface area contributed by atoms with Gasteiger partial charge in [-0.2, -0.15) is 13.2 Å². The fourth-order valence-corrected chi connectivity index (χ4v) is 2.05. The first kappa shape index (κ1) is 23.5. The number of nitrogens with one attached hydrogen (secondary N) is 1. The number of allylic oxidation sites excluding steroid dienone is 1. The highest BCUT2D eigenvalue weighted by Crippen LogP contribution is 2.19. The summed E-state index contributed by atoms with van der Waals surface area (Å²) in [5, 5.41) is 3.18. The van der Waals surface area contributed by atoms with Gasteiger partial charge in [-0.15, -0.1) is 30.6 Å². The summed E-state index contributed by atoms with van der Waals surface area (Å²) in [4.78, 5) is 6.19. The first-order valence-electron chi connectivity index (χ1n) is 7.67. The van der Waals surface area contributed by atoms with Gasteiger partial charge in [0, 0.05) is 27.2 Å². The fraction of sp³-hybridized carbons (Fsp3) is 0.471. The van der Waals surface area contributed by atoms with Crippen LogP contribution in [0.1, 0.15) is 18.4 Å². The van der Waals surface area contributed by atoms with Crippen LogP contribution in [0.5, 0.6) is 5.75 Å². The monoisotopic (exact) mass is 471 g/mol. The second-order valence-corrected chi connectivity index (χ2v) is 5.30. The Kier molecular flexibility index (Phi) is 11.3. The van der Waals surface area contributed by atoms with Crippen LogP contribution >= 0.6 is 24.0 Å². The van der Waals surface area contributed by atoms with Crippen LogP contribution in [0.15, 0.2) is 41.9 Å². The number of alkyl halides is 3. The van der Waals surface area contributed by atoms with Gasteiger partial charge >= 0.3 is 6.18 Å². The van der Waals surface area contributed by atoms with Crippen molar-refractivity contribution in [1.82, 2.24) is 10.2 Å². The van der Waals surface area contributed by atoms with Gasteiger partial charge in [-0.1, -0.05) is 18.2 Å². The molecule has 4 nitrogen and oxygen atoms in total. The molecule has 25 heavy (non-hydrogen) atoms. The molecule has 0 bridgehead atoms. The van der Waals surface area contributed by atoms with Crippen LogP contribution in [0.25, 0.3) is 0 Å². The molecule has 0 fully saturated rings. The van der Waals surface area contributed by atoms with Crippen molar-refractivity contribution in [2.24, 2.45) is 4.99 Å². The molecule has 8 heteroatoms. The minimum absolute atomic E-state index is 0. The summed E-state index contributed by atoms with van der Waals surface area (Å²) < 4.78 is 41.3. The summed E-state index contributed by atoms with van der Waals surface area (Å²) in [5.41, 5.74) is 0.815. The lowest BCUT2D eigenvalue weighted by molar-refractivity contribution is -0.153. The molecule has 0 unspecified atom stereocenters. The molecule has 1 N–H and O–H groups in total. The van der Waals surface area contributed by atoms with Crippen molar-refractivity contribution in [2.75, 3.05) is 27.2 Å². The van der Waals surface area contributed by atoms with Crippen molar-refractivity contribution >= 4 is 29.9 Å². The third-order valence-corrected chi connectivity index (χ3v) is 3.23. The molecule has 0 aromatic heterocycles. The lowest BCUT2D eigenvalue weighted by Crippen LogP contribution is -2.38. The molecule has 1 aromatic carbocycles. The number of guanidine groups is 1. The highest BCUT2D eigenvalue weighted by Gasteiger charge is 2.28. The number of unbranched alkanes of at least 4 members (excludes halogenated alkanes) is 1. The molecule has 0 saturated heterocycles. The van der Waals surface area contributed by atoms with Gasteiger partial charge in [0.25, 0.3) is 0 Å². The Hall–Kier alpha value is -1.45. The molecule has 0 heterocycles. The van der Waals surface area contributed by atoms with Gasteiger partial charge in [-0.25, -0.2) is 0 Å². The smallest absolute Gasteiger partial charge is 0.422 e. The van der Waals surface area contributed by atoms with E-state index in [4.69, 9.17) is 4.74 Å². The first-order valence-corrected chi connectivity index (χ1v) is 7.67. The Bertz CT molecular complexity index is 550. The number of benzene rings is 1. The molecule has 0 amide bonds. The average Bonchev–Trinajstić information content (AvgIpc) is 2.53. The van der Waals surface area contributed by atoms with Crippen LogP contribution in [0.4, 0.5) is 13.2 Å². The van der Waals surface area contributed by atoms with E-state index in [2.05, 4.69) is 16.9 Å². The van der Waals surface area contributed by atoms with Crippen molar-refractivity contribution in [3.05, 3.63) is 42.5 Å². The van der Waals surface area contributed by atoms with Crippen molar-refractivity contribution < 1.29 is 17.9 Å². The Morgan fingerprint density at radius 3 is 2.72 bits per heavy atom. The van der Waals surface area contributed by atoms with Gasteiger partial charge in [-0.05, 0) is 30.5 Å². The molecular weight excluding hydrogens is 446 g/mol. The molecule has 0 spiro atoms. The quantitative estimate of drug-likeness (QED) is 0.203. The van der Waals surface area contributed by atoms with E-state index < -0.39 is 12.8 Å². The SMILES string of the molecule is C=CCCCN(C)C(=NC)NCc1cccc(OCC(F)(F)F)c1.I. The summed E-state index contributed by atoms with van der Waals surface area (Å²) in [6, 6.07) is 6.58. The van der Waals surface area contributed by atoms with E-state index in [0.717, 1.165) is 30.9 Å². The van der Waals surface area contributed by atoms with Gasteiger partial charge in [0.2, 0.25) is 0 Å². The van der Waals surface area contributed by atoms with Crippen LogP contribution in [0.3, 0.4) is 0 Å². The standard InChI is InChI=1S/C17H24F3N3O.HI/c1-4-5-6-10-23(3)16(21-2)22-12-14-8-7-9-15(11-14)24-13-17(18,19)20;/h4,7-9,11H,1,5-6,10,12-13H2,2-3H3,(H,21,22);1H. The Balaban J connectivity index is 0.00000576. The molecule has 0 aliphatic heterocycles. The number of halogens is 4. The third-order valence-electron chi connectivity index (χ3n) is 3.23. The Morgan fingerprint density at radius 2 is 2.12 bits per heavy atom. The topological polar surface area (TPSA) is 36.9 Å². The number of ether oxygens (including phenoxy) is 1. The summed E-state index contributed by atoms with van der Waals surface area (Å²) in [6.45, 7) is 3.68. The normalized spacial score (nSPS) is 11.5. The minimum Gasteiger partial charge on any atom is -0.484 e. The van der Waals surface area contributed by atoms with E-state index in [1.165, 1.54) is 6.07 Å². The van der Waals surface area contributed by atoms with E-state index in [1.54, 1.807) is 19.2 Å². The number of aliphatic imine (C=N–C) groups is 1. The molecule has 1 rings (SSSR count). The number of rotatable bonds is 8. The fourth-order valence-electron chi connectivity index (χ4n) is 2.05. The summed E-state index contributed by atoms with van der Waals surface area (Å²) in [7, 11) is 3.62. The van der Waals surface area contributed by atoms with Gasteiger partial charge in [0.05, 0.1) is 0 Å². The second kappa shape index (κ2) is 12.0. The molecule has 0 aliphatic rings. The van der Waals surface area contributed by atoms with Crippen LogP contribution < -0.4 is 10.1 Å². The van der Waals surface area contributed by atoms with E-state index in [-0.39, 0.29) is 29.7 Å². The third kappa shape index (κ3) is 10.2. The second-order valence-electron chi connectivity index (χ2n) is 5.30. The largest absolute Gasteiger partial charge is 0.484 e. The lowest BCUT2D eigenvalue weighted by Gasteiger charge is -2.22. The summed E-state index contributed by atoms with van der Waals surface area (Å²) in [6.07, 6.45) is -0.567. The molecule has 0 saturated carbocycles. The van der Waals surface area contributed by atoms with Crippen LogP contribution in [0, 0.1) is 0 Å². The van der Waals surface area contributed by atoms with Crippen molar-refractivity contribution in [1.29, 1.82) is 0 Å². The minimum atomic E-state index is -4.34. The predicted molar refractivity (Wildman–Crippen MR) is 106 cm³/mol. The summed E-state index contributed by atoms with van der Waals surface area (Å²) in [5.74, 6) is 0.918. The van der Waals surface area contributed by atoms with Crippen molar-refractivity contribution in [3.8, 4) is 5.75 Å². The van der Waals surface area contributed by atoms with Crippen molar-refractivity contribution in [2.45, 2.75) is 25.6 Å². The first-order chi connectivity index (χ1) is 11.4. The molecule has 0 aliphatic carbocycles. The molecule has 142 valence electrons. The predicted octanol–water partition coefficient (Wildman–Crippen LogP) is 4.22. The van der Waals surface area contributed by atoms with E-state index in [9.17, 15) is 13.2 Å². The molecule has 0 radical (unpaired) electrons. The number of nitrogens with zero attached hydrogens (tertiary/aromatic N) is 2. The zero-order valence-electron chi connectivity index (χ0n) is 14.5. The Morgan fingerprint density at radius 1 is 1.40 bits per heavy atom. The average molecular weight is 471 g/mol. The van der Waals surface area contributed by atoms with Crippen LogP contribution in [-0.2, 0) is 6.54 Å². The Labute approximate surface area is 164 Å². The highest BCUT2D eigenvalue weighted by atomic mass is 127. The van der Waals surface area contributed by atoms with Crippen LogP contribution in [-0.4, -0.2) is 44.3 Å². The zero-order valence-corrected chi connectivity index (χ0v) is 16.8. The highest BCUT2D eigenvalue weighted by molar-refractivity contribution is 14.0. The maximum absolute atomic E-state index is 12.2. The number of hydrogen-bond donors (Lipinski definition) is 1. The molecule has 0 atom stereocenters. The van der Waals surface area contributed by atoms with Gasteiger partial charge in [-0.3, -0.25) is 4.99 Å². The van der Waals surface area contributed by atoms with E-state index >= 15 is 0 Å². The lowest BCUT2D eigenvalue weighted by atomic mass is 10.2. The zero-order chi connectivity index (χ0) is 18.0. The summed E-state index contributed by atoms with van der Waals surface area (Å²) >= 11 is 0. The molecule has 1 aromatic rings. The van der Waals surface area contributed by atoms with E-state index in [1.807, 2.05) is 24.1 Å². The van der Waals surface area contributed by atoms with Gasteiger partial charge in [0.1, 0.15) is 5.75 Å². The number of hydrogen-bond acceptors (Lipinski definition) is 2. The van der Waals surface area contributed by atoms with Gasteiger partial charge < -0.3 is 15.0 Å². The maximum Gasteiger partial charge on any atom is 0.422 e. The van der Waals surface area contributed by atoms with Gasteiger partial charge in [0.15, 0.2) is 12.6 Å². The van der Waals surface area contributed by atoms with Crippen LogP contribution in [0.2, 0.25) is 0 Å². The van der Waals surface area contributed by atoms with Crippen molar-refractivity contribution in [3.63, 3.8) is 0 Å². The van der Waals surface area contributed by atoms with E-state index in [0.29, 0.717) is 6.54 Å². The molecular formula is C17H25F3IN3O. The maximum atomic E-state index is 12.2.